The molecule has 0 rings (SSSR count). The Morgan fingerprint density at radius 2 is 0.567 bits per heavy atom. The van der Waals surface area contributed by atoms with Gasteiger partial charge in [-0.3, -0.25) is 37.3 Å². The van der Waals surface area contributed by atoms with Crippen LogP contribution in [-0.2, 0) is 65.4 Å². The van der Waals surface area contributed by atoms with Crippen LogP contribution in [0.2, 0.25) is 0 Å². The lowest BCUT2D eigenvalue weighted by Gasteiger charge is -2.21. The standard InChI is InChI=1S/C71H138O17P2/c1-8-11-12-13-14-15-16-17-18-19-23-26-29-38-45-52-68(73)81-58-66(87-70(75)54-47-40-30-27-24-21-20-22-25-28-35-42-49-62(4)5)60-85-89(77,78)83-56-65(72)57-84-90(79,80)86-61-67(88-71(76)55-48-41-34-32-37-44-51-64(7)10-3)59-82-69(74)53-46-39-33-31-36-43-50-63(6)9-2/h62-67,72H,8-61H2,1-7H3,(H,77,78)(H,79,80)/t63?,64?,65-,66-,67-/m1/s1. The van der Waals surface area contributed by atoms with E-state index in [-0.39, 0.29) is 25.7 Å². The number of unbranched alkanes of at least 4 members (excludes halogenated alkanes) is 35. The number of phosphoric ester groups is 2. The molecule has 90 heavy (non-hydrogen) atoms. The van der Waals surface area contributed by atoms with Gasteiger partial charge in [0.25, 0.3) is 0 Å². The highest BCUT2D eigenvalue weighted by Gasteiger charge is 2.30. The van der Waals surface area contributed by atoms with Crippen molar-refractivity contribution in [3.8, 4) is 0 Å². The topological polar surface area (TPSA) is 237 Å². The summed E-state index contributed by atoms with van der Waals surface area (Å²) in [6.07, 6.45) is 45.8. The van der Waals surface area contributed by atoms with Crippen molar-refractivity contribution in [1.82, 2.24) is 0 Å². The largest absolute Gasteiger partial charge is 0.472 e. The van der Waals surface area contributed by atoms with E-state index in [1.54, 1.807) is 0 Å². The Balaban J connectivity index is 5.25. The van der Waals surface area contributed by atoms with E-state index in [2.05, 4.69) is 48.5 Å². The molecular formula is C71H138O17P2. The zero-order valence-electron chi connectivity index (χ0n) is 58.6. The molecule has 0 saturated heterocycles. The minimum Gasteiger partial charge on any atom is -0.462 e. The van der Waals surface area contributed by atoms with Crippen molar-refractivity contribution in [1.29, 1.82) is 0 Å². The number of phosphoric acid groups is 2. The summed E-state index contributed by atoms with van der Waals surface area (Å²) in [7, 11) is -9.90. The van der Waals surface area contributed by atoms with Crippen LogP contribution in [-0.4, -0.2) is 96.7 Å². The van der Waals surface area contributed by atoms with Crippen LogP contribution >= 0.6 is 15.6 Å². The van der Waals surface area contributed by atoms with Gasteiger partial charge in [-0.1, -0.05) is 305 Å². The summed E-state index contributed by atoms with van der Waals surface area (Å²) < 4.78 is 68.3. The molecule has 0 amide bonds. The maximum absolute atomic E-state index is 13.0. The van der Waals surface area contributed by atoms with E-state index in [4.69, 9.17) is 37.0 Å². The molecule has 0 aliphatic heterocycles. The van der Waals surface area contributed by atoms with Gasteiger partial charge < -0.3 is 33.8 Å². The van der Waals surface area contributed by atoms with E-state index in [0.29, 0.717) is 25.7 Å². The van der Waals surface area contributed by atoms with E-state index >= 15 is 0 Å². The highest BCUT2D eigenvalue weighted by molar-refractivity contribution is 7.47. The molecule has 0 fully saturated rings. The molecule has 7 atom stereocenters. The SMILES string of the molecule is CCCCCCCCCCCCCCCCCC(=O)OC[C@H](COP(=O)(O)OC[C@@H](O)COP(=O)(O)OC[C@@H](COC(=O)CCCCCCCCC(C)CC)OC(=O)CCCCCCCCC(C)CC)OC(=O)CCCCCCCCCCCCCCC(C)C. The maximum Gasteiger partial charge on any atom is 0.472 e. The Bertz CT molecular complexity index is 1770. The van der Waals surface area contributed by atoms with Gasteiger partial charge >= 0.3 is 39.5 Å². The van der Waals surface area contributed by atoms with Gasteiger partial charge in [0.2, 0.25) is 0 Å². The van der Waals surface area contributed by atoms with Crippen molar-refractivity contribution < 1.29 is 80.2 Å². The van der Waals surface area contributed by atoms with Gasteiger partial charge in [-0.05, 0) is 43.4 Å². The predicted octanol–water partition coefficient (Wildman–Crippen LogP) is 20.2. The highest BCUT2D eigenvalue weighted by atomic mass is 31.2. The number of ether oxygens (including phenoxy) is 4. The summed E-state index contributed by atoms with van der Waals surface area (Å²) in [6.45, 7) is 11.8. The fraction of sp³-hybridized carbons (Fsp3) is 0.944. The zero-order chi connectivity index (χ0) is 66.6. The van der Waals surface area contributed by atoms with Gasteiger partial charge in [-0.2, -0.15) is 0 Å². The molecule has 0 aromatic carbocycles. The number of carbonyl (C=O) groups is 4. The second-order valence-corrected chi connectivity index (χ2v) is 29.5. The molecule has 0 aromatic heterocycles. The molecule has 0 aromatic rings. The molecule has 3 N–H and O–H groups in total. The third-order valence-corrected chi connectivity index (χ3v) is 19.0. The average molecular weight is 1330 g/mol. The van der Waals surface area contributed by atoms with E-state index in [0.717, 1.165) is 114 Å². The Morgan fingerprint density at radius 1 is 0.322 bits per heavy atom. The number of hydrogen-bond acceptors (Lipinski definition) is 15. The maximum atomic E-state index is 13.0. The molecule has 0 heterocycles. The first-order chi connectivity index (χ1) is 43.3. The first kappa shape index (κ1) is 88.1. The van der Waals surface area contributed by atoms with E-state index in [1.807, 2.05) is 0 Å². The van der Waals surface area contributed by atoms with Crippen molar-refractivity contribution in [2.45, 2.75) is 375 Å². The van der Waals surface area contributed by atoms with Crippen molar-refractivity contribution in [2.75, 3.05) is 39.6 Å². The molecule has 0 spiro atoms. The fourth-order valence-corrected chi connectivity index (χ4v) is 12.2. The Labute approximate surface area is 549 Å². The number of rotatable bonds is 69. The molecule has 0 radical (unpaired) electrons. The van der Waals surface area contributed by atoms with Crippen LogP contribution in [0.15, 0.2) is 0 Å². The average Bonchev–Trinajstić information content (AvgIpc) is 3.33. The monoisotopic (exact) mass is 1320 g/mol. The zero-order valence-corrected chi connectivity index (χ0v) is 60.4. The van der Waals surface area contributed by atoms with Gasteiger partial charge in [0.15, 0.2) is 12.2 Å². The van der Waals surface area contributed by atoms with Crippen LogP contribution in [0.4, 0.5) is 0 Å². The lowest BCUT2D eigenvalue weighted by Crippen LogP contribution is -2.30. The van der Waals surface area contributed by atoms with E-state index in [1.165, 1.54) is 161 Å². The molecule has 17 nitrogen and oxygen atoms in total. The molecule has 19 heteroatoms. The lowest BCUT2D eigenvalue weighted by molar-refractivity contribution is -0.161. The number of aliphatic hydroxyl groups excluding tert-OH is 1. The van der Waals surface area contributed by atoms with E-state index in [9.17, 15) is 43.2 Å². The number of hydrogen-bond donors (Lipinski definition) is 3. The Morgan fingerprint density at radius 3 is 0.844 bits per heavy atom. The second kappa shape index (κ2) is 61.9. The number of aliphatic hydroxyl groups is 1. The van der Waals surface area contributed by atoms with Gasteiger partial charge in [-0.25, -0.2) is 9.13 Å². The Kier molecular flexibility index (Phi) is 60.6. The summed E-state index contributed by atoms with van der Waals surface area (Å²) in [5.74, 6) is 0.0997. The van der Waals surface area contributed by atoms with Gasteiger partial charge in [0, 0.05) is 25.7 Å². The minimum atomic E-state index is -4.95. The molecule has 0 aliphatic rings. The molecule has 4 unspecified atom stereocenters. The number of carbonyl (C=O) groups excluding carboxylic acids is 4. The summed E-state index contributed by atoms with van der Waals surface area (Å²) in [5.41, 5.74) is 0. The minimum absolute atomic E-state index is 0.102. The van der Waals surface area contributed by atoms with Crippen LogP contribution in [0.25, 0.3) is 0 Å². The van der Waals surface area contributed by atoms with Crippen molar-refractivity contribution in [3.05, 3.63) is 0 Å². The van der Waals surface area contributed by atoms with Crippen LogP contribution in [0.5, 0.6) is 0 Å². The molecule has 0 aliphatic carbocycles. The second-order valence-electron chi connectivity index (χ2n) is 26.6. The normalized spacial score (nSPS) is 14.8. The van der Waals surface area contributed by atoms with Gasteiger partial charge in [0.1, 0.15) is 19.3 Å². The molecular weight excluding hydrogens is 1190 g/mol. The Hall–Kier alpha value is -1.94. The molecule has 0 bridgehead atoms. The summed E-state index contributed by atoms with van der Waals surface area (Å²) in [5, 5.41) is 10.6. The van der Waals surface area contributed by atoms with Crippen molar-refractivity contribution in [2.24, 2.45) is 17.8 Å². The summed E-state index contributed by atoms with van der Waals surface area (Å²) >= 11 is 0. The van der Waals surface area contributed by atoms with Crippen molar-refractivity contribution in [3.63, 3.8) is 0 Å². The highest BCUT2D eigenvalue weighted by Crippen LogP contribution is 2.45. The van der Waals surface area contributed by atoms with Crippen LogP contribution < -0.4 is 0 Å². The first-order valence-corrected chi connectivity index (χ1v) is 39.9. The van der Waals surface area contributed by atoms with E-state index < -0.39 is 97.5 Å². The third-order valence-electron chi connectivity index (χ3n) is 17.1. The van der Waals surface area contributed by atoms with Crippen LogP contribution in [0.3, 0.4) is 0 Å². The summed E-state index contributed by atoms with van der Waals surface area (Å²) in [4.78, 5) is 72.6. The number of esters is 4. The summed E-state index contributed by atoms with van der Waals surface area (Å²) in [6, 6.07) is 0. The van der Waals surface area contributed by atoms with Crippen LogP contribution in [0, 0.1) is 17.8 Å². The van der Waals surface area contributed by atoms with Gasteiger partial charge in [0.05, 0.1) is 26.4 Å². The van der Waals surface area contributed by atoms with Gasteiger partial charge in [-0.15, -0.1) is 0 Å². The van der Waals surface area contributed by atoms with Crippen LogP contribution in [0.1, 0.15) is 357 Å². The molecule has 534 valence electrons. The quantitative estimate of drug-likeness (QED) is 0.0222. The predicted molar refractivity (Wildman–Crippen MR) is 363 cm³/mol. The van der Waals surface area contributed by atoms with Crippen molar-refractivity contribution >= 4 is 39.5 Å². The smallest absolute Gasteiger partial charge is 0.462 e. The third kappa shape index (κ3) is 62.2. The first-order valence-electron chi connectivity index (χ1n) is 36.9. The fourth-order valence-electron chi connectivity index (χ4n) is 10.7. The molecule has 0 saturated carbocycles. The lowest BCUT2D eigenvalue weighted by atomic mass is 10.00.